The molecule has 8 nitrogen and oxygen atoms in total. The van der Waals surface area contributed by atoms with Crippen molar-refractivity contribution in [2.45, 2.75) is 51.2 Å². The molecule has 0 spiro atoms. The van der Waals surface area contributed by atoms with Crippen LogP contribution in [-0.2, 0) is 11.8 Å². The Morgan fingerprint density at radius 3 is 2.62 bits per heavy atom. The summed E-state index contributed by atoms with van der Waals surface area (Å²) >= 11 is 0. The van der Waals surface area contributed by atoms with Crippen molar-refractivity contribution in [2.24, 2.45) is 7.05 Å². The molecule has 0 bridgehead atoms. The minimum atomic E-state index is -0.410. The predicted octanol–water partition coefficient (Wildman–Crippen LogP) is 3.05. The number of likely N-dealkylation sites (tertiary alicyclic amines) is 1. The normalized spacial score (nSPS) is 25.0. The molecule has 0 radical (unpaired) electrons. The largest absolute Gasteiger partial charge is 0.389 e. The number of nitrogens with one attached hydrogen (secondary N) is 1. The van der Waals surface area contributed by atoms with Crippen molar-refractivity contribution < 1.29 is 9.84 Å². The maximum atomic E-state index is 10.4. The topological polar surface area (TPSA) is 88.3 Å². The van der Waals surface area contributed by atoms with E-state index in [1.807, 2.05) is 26.2 Å². The maximum absolute atomic E-state index is 10.4. The van der Waals surface area contributed by atoms with Crippen molar-refractivity contribution in [1.29, 1.82) is 0 Å². The number of piperidine rings is 1. The van der Waals surface area contributed by atoms with E-state index in [0.717, 1.165) is 48.3 Å². The number of aryl methyl sites for hydroxylation is 3. The van der Waals surface area contributed by atoms with Gasteiger partial charge in [-0.2, -0.15) is 5.10 Å². The van der Waals surface area contributed by atoms with E-state index >= 15 is 0 Å². The van der Waals surface area contributed by atoms with E-state index in [0.29, 0.717) is 25.1 Å². The number of nitrogens with zero attached hydrogens (tertiary/aromatic N) is 5. The van der Waals surface area contributed by atoms with Gasteiger partial charge in [0.25, 0.3) is 0 Å². The first-order valence-electron chi connectivity index (χ1n) is 11.4. The van der Waals surface area contributed by atoms with Gasteiger partial charge in [0, 0.05) is 24.7 Å². The van der Waals surface area contributed by atoms with Crippen molar-refractivity contribution in [3.63, 3.8) is 0 Å². The third-order valence-electron chi connectivity index (χ3n) is 7.25. The number of hydrogen-bond donors (Lipinski definition) is 2. The number of benzene rings is 1. The second-order valence-electron chi connectivity index (χ2n) is 9.53. The van der Waals surface area contributed by atoms with Crippen LogP contribution in [0.25, 0.3) is 10.9 Å². The smallest absolute Gasteiger partial charge is 0.228 e. The molecule has 170 valence electrons. The molecule has 2 atom stereocenters. The zero-order chi connectivity index (χ0) is 22.5. The fourth-order valence-electron chi connectivity index (χ4n) is 5.21. The quantitative estimate of drug-likeness (QED) is 0.650. The molecule has 2 aromatic heterocycles. The lowest BCUT2D eigenvalue weighted by Crippen LogP contribution is -2.56. The molecule has 0 amide bonds. The molecule has 4 heterocycles. The summed E-state index contributed by atoms with van der Waals surface area (Å²) in [6.45, 7) is 9.26. The fraction of sp³-hybridized carbons (Fsp3) is 0.542. The van der Waals surface area contributed by atoms with E-state index in [2.05, 4.69) is 46.3 Å². The summed E-state index contributed by atoms with van der Waals surface area (Å²) in [6.07, 6.45) is 3.61. The zero-order valence-electron chi connectivity index (χ0n) is 19.3. The first-order chi connectivity index (χ1) is 15.3. The Kier molecular flexibility index (Phi) is 5.39. The Bertz CT molecular complexity index is 1140. The van der Waals surface area contributed by atoms with Gasteiger partial charge >= 0.3 is 0 Å². The highest BCUT2D eigenvalue weighted by atomic mass is 16.5. The highest BCUT2D eigenvalue weighted by Crippen LogP contribution is 2.36. The minimum Gasteiger partial charge on any atom is -0.389 e. The Balaban J connectivity index is 1.36. The standard InChI is InChI=1S/C24H32N6O2/c1-15-9-18-12-25-23(27-22-10-16(2)28-29(22)4)26-20(18)11-19(15)17-5-7-30(8-6-17)24(3)14-32-13-21(24)31/h9-12,17,21,31H,5-8,13-14H2,1-4H3,(H,25,26,27)/t21-,24+/m0/s1. The molecule has 2 aliphatic heterocycles. The van der Waals surface area contributed by atoms with Crippen molar-refractivity contribution in [3.05, 3.63) is 41.2 Å². The molecule has 0 unspecified atom stereocenters. The minimum absolute atomic E-state index is 0.263. The van der Waals surface area contributed by atoms with Gasteiger partial charge in [0.05, 0.1) is 36.1 Å². The Hall–Kier alpha value is -2.55. The van der Waals surface area contributed by atoms with Gasteiger partial charge in [0.1, 0.15) is 5.82 Å². The molecule has 5 rings (SSSR count). The van der Waals surface area contributed by atoms with Gasteiger partial charge in [-0.3, -0.25) is 9.58 Å². The van der Waals surface area contributed by atoms with E-state index in [1.165, 1.54) is 11.1 Å². The second-order valence-corrected chi connectivity index (χ2v) is 9.53. The van der Waals surface area contributed by atoms with E-state index in [1.54, 1.807) is 4.68 Å². The fourth-order valence-corrected chi connectivity index (χ4v) is 5.21. The Morgan fingerprint density at radius 2 is 1.97 bits per heavy atom. The molecular formula is C24H32N6O2. The van der Waals surface area contributed by atoms with Crippen LogP contribution in [0, 0.1) is 13.8 Å². The number of aromatic nitrogens is 4. The van der Waals surface area contributed by atoms with Crippen molar-refractivity contribution in [3.8, 4) is 0 Å². The van der Waals surface area contributed by atoms with Crippen LogP contribution in [0.2, 0.25) is 0 Å². The van der Waals surface area contributed by atoms with Crippen molar-refractivity contribution >= 4 is 22.7 Å². The summed E-state index contributed by atoms with van der Waals surface area (Å²) < 4.78 is 7.35. The van der Waals surface area contributed by atoms with Crippen molar-refractivity contribution in [2.75, 3.05) is 31.6 Å². The Morgan fingerprint density at radius 1 is 1.19 bits per heavy atom. The highest BCUT2D eigenvalue weighted by Gasteiger charge is 2.44. The third-order valence-corrected chi connectivity index (χ3v) is 7.25. The number of anilines is 2. The van der Waals surface area contributed by atoms with Gasteiger partial charge in [-0.05, 0) is 75.9 Å². The molecule has 3 aromatic rings. The molecule has 32 heavy (non-hydrogen) atoms. The van der Waals surface area contributed by atoms with Crippen LogP contribution in [0.4, 0.5) is 11.8 Å². The monoisotopic (exact) mass is 436 g/mol. The SMILES string of the molecule is Cc1cc(Nc2ncc3cc(C)c(C4CCN([C@]5(C)COC[C@@H]5O)CC4)cc3n2)n(C)n1. The lowest BCUT2D eigenvalue weighted by molar-refractivity contribution is -0.00214. The van der Waals surface area contributed by atoms with Gasteiger partial charge in [-0.1, -0.05) is 0 Å². The number of ether oxygens (including phenoxy) is 1. The summed E-state index contributed by atoms with van der Waals surface area (Å²) in [7, 11) is 1.90. The molecule has 0 aliphatic carbocycles. The molecule has 0 saturated carbocycles. The van der Waals surface area contributed by atoms with Gasteiger partial charge in [-0.25, -0.2) is 9.97 Å². The first-order valence-corrected chi connectivity index (χ1v) is 11.4. The van der Waals surface area contributed by atoms with Gasteiger partial charge in [-0.15, -0.1) is 0 Å². The van der Waals surface area contributed by atoms with Gasteiger partial charge in [0.15, 0.2) is 0 Å². The molecule has 2 N–H and O–H groups in total. The number of aliphatic hydroxyl groups excluding tert-OH is 1. The van der Waals surface area contributed by atoms with Gasteiger partial charge < -0.3 is 15.2 Å². The van der Waals surface area contributed by atoms with E-state index < -0.39 is 6.10 Å². The van der Waals surface area contributed by atoms with Crippen LogP contribution < -0.4 is 5.32 Å². The van der Waals surface area contributed by atoms with Gasteiger partial charge in [0.2, 0.25) is 5.95 Å². The average Bonchev–Trinajstić information content (AvgIpc) is 3.28. The van der Waals surface area contributed by atoms with Crippen LogP contribution >= 0.6 is 0 Å². The zero-order valence-corrected chi connectivity index (χ0v) is 19.3. The molecule has 2 saturated heterocycles. The van der Waals surface area contributed by atoms with Crippen LogP contribution in [-0.4, -0.2) is 67.7 Å². The Labute approximate surface area is 188 Å². The highest BCUT2D eigenvalue weighted by molar-refractivity contribution is 5.81. The van der Waals surface area contributed by atoms with E-state index in [9.17, 15) is 5.11 Å². The van der Waals surface area contributed by atoms with Crippen LogP contribution in [0.5, 0.6) is 0 Å². The number of fused-ring (bicyclic) bond motifs is 1. The third kappa shape index (κ3) is 3.76. The molecule has 2 fully saturated rings. The molecule has 1 aromatic carbocycles. The summed E-state index contributed by atoms with van der Waals surface area (Å²) in [5, 5.41) is 19.1. The number of aliphatic hydroxyl groups is 1. The average molecular weight is 437 g/mol. The first kappa shape index (κ1) is 21.3. The summed E-state index contributed by atoms with van der Waals surface area (Å²) in [5.41, 5.74) is 4.30. The van der Waals surface area contributed by atoms with Crippen LogP contribution in [0.15, 0.2) is 24.4 Å². The predicted molar refractivity (Wildman–Crippen MR) is 124 cm³/mol. The lowest BCUT2D eigenvalue weighted by atomic mass is 9.84. The maximum Gasteiger partial charge on any atom is 0.228 e. The number of rotatable bonds is 4. The van der Waals surface area contributed by atoms with E-state index in [4.69, 9.17) is 9.72 Å². The molecular weight excluding hydrogens is 404 g/mol. The molecule has 8 heteroatoms. The van der Waals surface area contributed by atoms with Crippen molar-refractivity contribution in [1.82, 2.24) is 24.6 Å². The summed E-state index contributed by atoms with van der Waals surface area (Å²) in [6, 6.07) is 6.42. The summed E-state index contributed by atoms with van der Waals surface area (Å²) in [5.74, 6) is 1.94. The second kappa shape index (κ2) is 8.10. The number of hydrogen-bond acceptors (Lipinski definition) is 7. The van der Waals surface area contributed by atoms with E-state index in [-0.39, 0.29) is 5.54 Å². The van der Waals surface area contributed by atoms with Crippen LogP contribution in [0.3, 0.4) is 0 Å². The molecule has 2 aliphatic rings. The lowest BCUT2D eigenvalue weighted by Gasteiger charge is -2.43. The van der Waals surface area contributed by atoms with Crippen LogP contribution in [0.1, 0.15) is 42.5 Å². The summed E-state index contributed by atoms with van der Waals surface area (Å²) in [4.78, 5) is 11.7.